The number of likely N-dealkylation sites (tertiary alicyclic amines) is 1. The van der Waals surface area contributed by atoms with Crippen LogP contribution in [0.1, 0.15) is 43.5 Å². The van der Waals surface area contributed by atoms with E-state index in [1.54, 1.807) is 24.3 Å². The predicted octanol–water partition coefficient (Wildman–Crippen LogP) is 4.40. The van der Waals surface area contributed by atoms with E-state index in [9.17, 15) is 9.59 Å². The Morgan fingerprint density at radius 3 is 2.53 bits per heavy atom. The zero-order chi connectivity index (χ0) is 21.3. The van der Waals surface area contributed by atoms with E-state index in [1.807, 2.05) is 29.2 Å². The lowest BCUT2D eigenvalue weighted by Gasteiger charge is -2.16. The molecule has 0 saturated carbocycles. The van der Waals surface area contributed by atoms with E-state index >= 15 is 0 Å². The molecule has 0 radical (unpaired) electrons. The molecule has 0 bridgehead atoms. The Labute approximate surface area is 178 Å². The topological polar surface area (TPSA) is 70.7 Å². The van der Waals surface area contributed by atoms with Crippen LogP contribution in [0.2, 0.25) is 0 Å². The van der Waals surface area contributed by atoms with Crippen molar-refractivity contribution in [3.8, 4) is 5.75 Å². The molecule has 0 spiro atoms. The highest BCUT2D eigenvalue weighted by Gasteiger charge is 2.19. The van der Waals surface area contributed by atoms with Gasteiger partial charge in [-0.25, -0.2) is 0 Å². The van der Waals surface area contributed by atoms with Crippen molar-refractivity contribution < 1.29 is 14.3 Å². The first-order chi connectivity index (χ1) is 14.5. The fraction of sp³-hybridized carbons (Fsp3) is 0.417. The van der Waals surface area contributed by atoms with Crippen LogP contribution in [0, 0.1) is 5.92 Å². The van der Waals surface area contributed by atoms with Gasteiger partial charge < -0.3 is 20.3 Å². The van der Waals surface area contributed by atoms with Crippen molar-refractivity contribution in [3.63, 3.8) is 0 Å². The Balaban J connectivity index is 1.50. The molecule has 2 aromatic rings. The van der Waals surface area contributed by atoms with E-state index < -0.39 is 0 Å². The second-order valence-electron chi connectivity index (χ2n) is 8.04. The summed E-state index contributed by atoms with van der Waals surface area (Å²) < 4.78 is 5.76. The monoisotopic (exact) mass is 409 g/mol. The fourth-order valence-corrected chi connectivity index (χ4v) is 3.33. The van der Waals surface area contributed by atoms with Crippen LogP contribution in [-0.2, 0) is 4.79 Å². The molecule has 3 rings (SSSR count). The first-order valence-corrected chi connectivity index (χ1v) is 10.7. The molecular formula is C24H31N3O3. The summed E-state index contributed by atoms with van der Waals surface area (Å²) in [6, 6.07) is 14.7. The van der Waals surface area contributed by atoms with Gasteiger partial charge in [0.15, 0.2) is 0 Å². The van der Waals surface area contributed by atoms with Gasteiger partial charge in [0.25, 0.3) is 5.91 Å². The van der Waals surface area contributed by atoms with Crippen molar-refractivity contribution in [2.45, 2.75) is 33.1 Å². The highest BCUT2D eigenvalue weighted by molar-refractivity contribution is 5.98. The van der Waals surface area contributed by atoms with Crippen LogP contribution in [-0.4, -0.2) is 43.0 Å². The summed E-state index contributed by atoms with van der Waals surface area (Å²) in [6.45, 7) is 6.74. The van der Waals surface area contributed by atoms with Gasteiger partial charge in [-0.05, 0) is 55.5 Å². The van der Waals surface area contributed by atoms with Crippen LogP contribution in [0.25, 0.3) is 0 Å². The molecule has 0 unspecified atom stereocenters. The summed E-state index contributed by atoms with van der Waals surface area (Å²) in [5, 5.41) is 5.98. The third-order valence-corrected chi connectivity index (χ3v) is 5.04. The minimum Gasteiger partial charge on any atom is -0.494 e. The molecule has 6 nitrogen and oxygen atoms in total. The summed E-state index contributed by atoms with van der Waals surface area (Å²) in [7, 11) is 0. The number of anilines is 2. The molecule has 30 heavy (non-hydrogen) atoms. The number of nitrogens with one attached hydrogen (secondary N) is 2. The number of hydrogen-bond donors (Lipinski definition) is 2. The minimum atomic E-state index is -0.174. The lowest BCUT2D eigenvalue weighted by molar-refractivity contribution is -0.114. The number of nitrogens with zero attached hydrogens (tertiary/aromatic N) is 1. The first kappa shape index (κ1) is 21.7. The third kappa shape index (κ3) is 6.51. The van der Waals surface area contributed by atoms with E-state index in [0.29, 0.717) is 23.8 Å². The van der Waals surface area contributed by atoms with Crippen molar-refractivity contribution in [1.82, 2.24) is 4.90 Å². The standard InChI is InChI=1S/C24H31N3O3/c1-18(2)11-14-30-22-10-6-8-20(16-22)25-17-23(28)26-21-9-5-7-19(15-21)24(29)27-12-3-4-13-27/h5-10,15-16,18,25H,3-4,11-14,17H2,1-2H3,(H,26,28). The van der Waals surface area contributed by atoms with Crippen molar-refractivity contribution in [3.05, 3.63) is 54.1 Å². The summed E-state index contributed by atoms with van der Waals surface area (Å²) >= 11 is 0. The van der Waals surface area contributed by atoms with E-state index in [1.165, 1.54) is 0 Å². The Hall–Kier alpha value is -3.02. The van der Waals surface area contributed by atoms with Gasteiger partial charge in [-0.1, -0.05) is 26.0 Å². The number of hydrogen-bond acceptors (Lipinski definition) is 4. The number of rotatable bonds is 9. The van der Waals surface area contributed by atoms with E-state index in [-0.39, 0.29) is 18.4 Å². The Morgan fingerprint density at radius 2 is 1.77 bits per heavy atom. The van der Waals surface area contributed by atoms with Gasteiger partial charge in [-0.2, -0.15) is 0 Å². The molecule has 2 N–H and O–H groups in total. The number of carbonyl (C=O) groups is 2. The Morgan fingerprint density at radius 1 is 1.03 bits per heavy atom. The predicted molar refractivity (Wildman–Crippen MR) is 120 cm³/mol. The molecule has 1 heterocycles. The van der Waals surface area contributed by atoms with E-state index in [0.717, 1.165) is 43.8 Å². The van der Waals surface area contributed by atoms with Crippen LogP contribution in [0.5, 0.6) is 5.75 Å². The van der Waals surface area contributed by atoms with Crippen LogP contribution >= 0.6 is 0 Å². The summed E-state index contributed by atoms with van der Waals surface area (Å²) in [4.78, 5) is 26.7. The molecule has 1 saturated heterocycles. The number of amides is 2. The van der Waals surface area contributed by atoms with Crippen LogP contribution in [0.15, 0.2) is 48.5 Å². The molecule has 160 valence electrons. The molecular weight excluding hydrogens is 378 g/mol. The molecule has 0 atom stereocenters. The summed E-state index contributed by atoms with van der Waals surface area (Å²) in [5.41, 5.74) is 2.05. The highest BCUT2D eigenvalue weighted by Crippen LogP contribution is 2.19. The smallest absolute Gasteiger partial charge is 0.253 e. The fourth-order valence-electron chi connectivity index (χ4n) is 3.33. The molecule has 0 aromatic heterocycles. The zero-order valence-corrected chi connectivity index (χ0v) is 17.8. The minimum absolute atomic E-state index is 0.0241. The molecule has 2 aromatic carbocycles. The van der Waals surface area contributed by atoms with Gasteiger partial charge in [0.1, 0.15) is 5.75 Å². The van der Waals surface area contributed by atoms with Crippen molar-refractivity contribution >= 4 is 23.2 Å². The van der Waals surface area contributed by atoms with Crippen LogP contribution in [0.4, 0.5) is 11.4 Å². The molecule has 2 amide bonds. The van der Waals surface area contributed by atoms with Gasteiger partial charge in [0.05, 0.1) is 13.2 Å². The van der Waals surface area contributed by atoms with Crippen LogP contribution in [0.3, 0.4) is 0 Å². The lowest BCUT2D eigenvalue weighted by atomic mass is 10.1. The maximum atomic E-state index is 12.5. The molecule has 0 aliphatic carbocycles. The van der Waals surface area contributed by atoms with Crippen molar-refractivity contribution in [2.75, 3.05) is 36.9 Å². The SMILES string of the molecule is CC(C)CCOc1cccc(NCC(=O)Nc2cccc(C(=O)N3CCCC3)c2)c1. The molecule has 1 aliphatic rings. The summed E-state index contributed by atoms with van der Waals surface area (Å²) in [6.07, 6.45) is 3.11. The molecule has 1 aliphatic heterocycles. The number of ether oxygens (including phenoxy) is 1. The van der Waals surface area contributed by atoms with Crippen molar-refractivity contribution in [2.24, 2.45) is 5.92 Å². The highest BCUT2D eigenvalue weighted by atomic mass is 16.5. The summed E-state index contributed by atoms with van der Waals surface area (Å²) in [5.74, 6) is 1.23. The van der Waals surface area contributed by atoms with Crippen LogP contribution < -0.4 is 15.4 Å². The normalized spacial score (nSPS) is 13.4. The largest absolute Gasteiger partial charge is 0.494 e. The quantitative estimate of drug-likeness (QED) is 0.644. The van der Waals surface area contributed by atoms with E-state index in [2.05, 4.69) is 24.5 Å². The van der Waals surface area contributed by atoms with Gasteiger partial charge in [-0.15, -0.1) is 0 Å². The average Bonchev–Trinajstić information content (AvgIpc) is 3.27. The second kappa shape index (κ2) is 10.7. The zero-order valence-electron chi connectivity index (χ0n) is 17.8. The van der Waals surface area contributed by atoms with Gasteiger partial charge in [0.2, 0.25) is 5.91 Å². The van der Waals surface area contributed by atoms with Crippen molar-refractivity contribution in [1.29, 1.82) is 0 Å². The Kier molecular flexibility index (Phi) is 7.71. The average molecular weight is 410 g/mol. The third-order valence-electron chi connectivity index (χ3n) is 5.04. The maximum absolute atomic E-state index is 12.5. The number of carbonyl (C=O) groups excluding carboxylic acids is 2. The van der Waals surface area contributed by atoms with E-state index in [4.69, 9.17) is 4.74 Å². The van der Waals surface area contributed by atoms with Gasteiger partial charge in [-0.3, -0.25) is 9.59 Å². The lowest BCUT2D eigenvalue weighted by Crippen LogP contribution is -2.27. The molecule has 1 fully saturated rings. The molecule has 6 heteroatoms. The van der Waals surface area contributed by atoms with Gasteiger partial charge in [0, 0.05) is 36.1 Å². The second-order valence-corrected chi connectivity index (χ2v) is 8.04. The Bertz CT molecular complexity index is 860. The number of benzene rings is 2. The van der Waals surface area contributed by atoms with Gasteiger partial charge >= 0.3 is 0 Å². The first-order valence-electron chi connectivity index (χ1n) is 10.7. The maximum Gasteiger partial charge on any atom is 0.253 e.